The normalized spacial score (nSPS) is 17.1. The Labute approximate surface area is 98.8 Å². The van der Waals surface area contributed by atoms with Gasteiger partial charge in [0, 0.05) is 12.6 Å². The smallest absolute Gasteiger partial charge is 0.324 e. The van der Waals surface area contributed by atoms with Gasteiger partial charge in [-0.05, 0) is 33.2 Å². The molecule has 0 aromatic carbocycles. The van der Waals surface area contributed by atoms with Gasteiger partial charge in [-0.25, -0.2) is 0 Å². The summed E-state index contributed by atoms with van der Waals surface area (Å²) in [6.45, 7) is 9.28. The highest BCUT2D eigenvalue weighted by Gasteiger charge is 2.31. The monoisotopic (exact) mass is 230 g/mol. The van der Waals surface area contributed by atoms with Crippen LogP contribution in [0.1, 0.15) is 47.0 Å². The number of nitrogens with zero attached hydrogens (tertiary/aromatic N) is 1. The van der Waals surface area contributed by atoms with Crippen LogP contribution in [0.25, 0.3) is 0 Å². The van der Waals surface area contributed by atoms with Crippen molar-refractivity contribution in [3.05, 3.63) is 0 Å². The fourth-order valence-electron chi connectivity index (χ4n) is 1.56. The summed E-state index contributed by atoms with van der Waals surface area (Å²) in [6.07, 6.45) is 3.21. The van der Waals surface area contributed by atoms with Crippen LogP contribution in [0.5, 0.6) is 0 Å². The van der Waals surface area contributed by atoms with Crippen molar-refractivity contribution in [3.63, 3.8) is 0 Å². The van der Waals surface area contributed by atoms with E-state index in [1.165, 1.54) is 0 Å². The minimum absolute atomic E-state index is 0.383. The van der Waals surface area contributed by atoms with Gasteiger partial charge in [-0.2, -0.15) is 0 Å². The van der Waals surface area contributed by atoms with E-state index >= 15 is 0 Å². The van der Waals surface area contributed by atoms with Crippen LogP contribution in [0.4, 0.5) is 0 Å². The average Bonchev–Trinajstić information content (AvgIpc) is 2.22. The van der Waals surface area contributed by atoms with E-state index in [1.807, 2.05) is 0 Å². The van der Waals surface area contributed by atoms with E-state index in [1.54, 1.807) is 6.92 Å². The van der Waals surface area contributed by atoms with Gasteiger partial charge in [0.2, 0.25) is 0 Å². The lowest BCUT2D eigenvalue weighted by Gasteiger charge is -2.33. The number of aliphatic carboxylic acids is 1. The second-order valence-corrected chi connectivity index (χ2v) is 4.80. The van der Waals surface area contributed by atoms with Crippen LogP contribution in [0.15, 0.2) is 0 Å². The third-order valence-corrected chi connectivity index (χ3v) is 3.03. The van der Waals surface area contributed by atoms with Crippen molar-refractivity contribution < 1.29 is 9.90 Å². The predicted molar refractivity (Wildman–Crippen MR) is 66.5 cm³/mol. The van der Waals surface area contributed by atoms with Crippen LogP contribution in [0, 0.1) is 0 Å². The molecule has 0 amide bonds. The van der Waals surface area contributed by atoms with Gasteiger partial charge in [-0.3, -0.25) is 9.69 Å². The highest BCUT2D eigenvalue weighted by molar-refractivity contribution is 5.78. The van der Waals surface area contributed by atoms with Gasteiger partial charge in [0.15, 0.2) is 0 Å². The van der Waals surface area contributed by atoms with Crippen molar-refractivity contribution in [3.8, 4) is 0 Å². The van der Waals surface area contributed by atoms with Crippen LogP contribution in [-0.2, 0) is 4.79 Å². The summed E-state index contributed by atoms with van der Waals surface area (Å²) in [5, 5.41) is 9.02. The third kappa shape index (κ3) is 4.94. The fourth-order valence-corrected chi connectivity index (χ4v) is 1.56. The van der Waals surface area contributed by atoms with E-state index < -0.39 is 11.5 Å². The first-order chi connectivity index (χ1) is 7.35. The summed E-state index contributed by atoms with van der Waals surface area (Å²) in [4.78, 5) is 13.2. The molecule has 16 heavy (non-hydrogen) atoms. The van der Waals surface area contributed by atoms with Gasteiger partial charge in [0.1, 0.15) is 5.54 Å². The SMILES string of the molecule is CCCCN(CC(C)(N)C(=O)O)C(C)CC. The molecule has 0 bridgehead atoms. The molecule has 3 N–H and O–H groups in total. The van der Waals surface area contributed by atoms with E-state index in [9.17, 15) is 4.79 Å². The highest BCUT2D eigenvalue weighted by atomic mass is 16.4. The van der Waals surface area contributed by atoms with Gasteiger partial charge in [0.25, 0.3) is 0 Å². The minimum atomic E-state index is -1.16. The number of carboxylic acid groups (broad SMARTS) is 1. The van der Waals surface area contributed by atoms with Crippen LogP contribution in [-0.4, -0.2) is 40.6 Å². The summed E-state index contributed by atoms with van der Waals surface area (Å²) in [5.74, 6) is -0.933. The van der Waals surface area contributed by atoms with Crippen molar-refractivity contribution in [1.29, 1.82) is 0 Å². The number of rotatable bonds is 8. The molecule has 0 aromatic rings. The molecule has 2 unspecified atom stereocenters. The second kappa shape index (κ2) is 6.86. The molecule has 0 fully saturated rings. The number of hydrogen-bond acceptors (Lipinski definition) is 3. The van der Waals surface area contributed by atoms with Gasteiger partial charge in [-0.1, -0.05) is 20.3 Å². The number of carboxylic acids is 1. The molecule has 0 radical (unpaired) electrons. The average molecular weight is 230 g/mol. The largest absolute Gasteiger partial charge is 0.480 e. The van der Waals surface area contributed by atoms with E-state index in [-0.39, 0.29) is 0 Å². The Hall–Kier alpha value is -0.610. The van der Waals surface area contributed by atoms with E-state index in [4.69, 9.17) is 10.8 Å². The van der Waals surface area contributed by atoms with Gasteiger partial charge < -0.3 is 10.8 Å². The first kappa shape index (κ1) is 15.4. The summed E-state index contributed by atoms with van der Waals surface area (Å²) >= 11 is 0. The molecule has 4 heteroatoms. The topological polar surface area (TPSA) is 66.6 Å². The first-order valence-corrected chi connectivity index (χ1v) is 6.11. The molecule has 2 atom stereocenters. The molecule has 0 saturated heterocycles. The number of nitrogens with two attached hydrogens (primary N) is 1. The Balaban J connectivity index is 4.46. The second-order valence-electron chi connectivity index (χ2n) is 4.80. The Bertz CT molecular complexity index is 217. The fraction of sp³-hybridized carbons (Fsp3) is 0.917. The summed E-state index contributed by atoms with van der Waals surface area (Å²) in [7, 11) is 0. The van der Waals surface area contributed by atoms with Crippen molar-refractivity contribution >= 4 is 5.97 Å². The molecule has 0 aliphatic carbocycles. The summed E-state index contributed by atoms with van der Waals surface area (Å²) < 4.78 is 0. The summed E-state index contributed by atoms with van der Waals surface area (Å²) in [5.41, 5.74) is 4.63. The molecule has 96 valence electrons. The van der Waals surface area contributed by atoms with Gasteiger partial charge in [-0.15, -0.1) is 0 Å². The quantitative estimate of drug-likeness (QED) is 0.666. The number of unbranched alkanes of at least 4 members (excludes halogenated alkanes) is 1. The molecular weight excluding hydrogens is 204 g/mol. The van der Waals surface area contributed by atoms with Crippen molar-refractivity contribution in [2.24, 2.45) is 5.73 Å². The minimum Gasteiger partial charge on any atom is -0.480 e. The molecule has 0 aliphatic rings. The predicted octanol–water partition coefficient (Wildman–Crippen LogP) is 1.69. The maximum atomic E-state index is 11.0. The molecule has 0 aliphatic heterocycles. The van der Waals surface area contributed by atoms with Crippen LogP contribution in [0.3, 0.4) is 0 Å². The first-order valence-electron chi connectivity index (χ1n) is 6.11. The van der Waals surface area contributed by atoms with Crippen LogP contribution < -0.4 is 5.73 Å². The van der Waals surface area contributed by atoms with Crippen molar-refractivity contribution in [2.45, 2.75) is 58.5 Å². The lowest BCUT2D eigenvalue weighted by atomic mass is 10.0. The van der Waals surface area contributed by atoms with E-state index in [0.29, 0.717) is 12.6 Å². The molecule has 4 nitrogen and oxygen atoms in total. The lowest BCUT2D eigenvalue weighted by molar-refractivity contribution is -0.143. The Morgan fingerprint density at radius 3 is 2.44 bits per heavy atom. The molecule has 0 aromatic heterocycles. The molecule has 0 heterocycles. The zero-order chi connectivity index (χ0) is 12.8. The maximum Gasteiger partial charge on any atom is 0.324 e. The maximum absolute atomic E-state index is 11.0. The number of hydrogen-bond donors (Lipinski definition) is 2. The molecule has 0 saturated carbocycles. The van der Waals surface area contributed by atoms with Crippen LogP contribution in [0.2, 0.25) is 0 Å². The zero-order valence-electron chi connectivity index (χ0n) is 11.0. The third-order valence-electron chi connectivity index (χ3n) is 3.03. The highest BCUT2D eigenvalue weighted by Crippen LogP contribution is 2.11. The standard InChI is InChI=1S/C12H26N2O2/c1-5-7-8-14(10(3)6-2)9-12(4,13)11(15)16/h10H,5-9,13H2,1-4H3,(H,15,16). The van der Waals surface area contributed by atoms with Crippen molar-refractivity contribution in [1.82, 2.24) is 4.90 Å². The Morgan fingerprint density at radius 2 is 2.06 bits per heavy atom. The lowest BCUT2D eigenvalue weighted by Crippen LogP contribution is -2.55. The molecule has 0 spiro atoms. The Kier molecular flexibility index (Phi) is 6.60. The zero-order valence-corrected chi connectivity index (χ0v) is 11.0. The molecular formula is C12H26N2O2. The molecule has 0 rings (SSSR count). The van der Waals surface area contributed by atoms with Gasteiger partial charge >= 0.3 is 5.97 Å². The van der Waals surface area contributed by atoms with Crippen LogP contribution >= 0.6 is 0 Å². The summed E-state index contributed by atoms with van der Waals surface area (Å²) in [6, 6.07) is 0.383. The number of carbonyl (C=O) groups is 1. The van der Waals surface area contributed by atoms with Crippen molar-refractivity contribution in [2.75, 3.05) is 13.1 Å². The van der Waals surface area contributed by atoms with Gasteiger partial charge in [0.05, 0.1) is 0 Å². The Morgan fingerprint density at radius 1 is 1.50 bits per heavy atom. The van der Waals surface area contributed by atoms with E-state index in [0.717, 1.165) is 25.8 Å². The van der Waals surface area contributed by atoms with E-state index in [2.05, 4.69) is 25.7 Å².